The summed E-state index contributed by atoms with van der Waals surface area (Å²) in [6.07, 6.45) is 0.559. The van der Waals surface area contributed by atoms with Crippen LogP contribution < -0.4 is 4.74 Å². The number of aromatic nitrogens is 3. The Morgan fingerprint density at radius 2 is 2.17 bits per heavy atom. The Morgan fingerprint density at radius 3 is 2.67 bits per heavy atom. The van der Waals surface area contributed by atoms with Crippen LogP contribution in [0.25, 0.3) is 0 Å². The van der Waals surface area contributed by atoms with Crippen LogP contribution in [-0.4, -0.2) is 39.5 Å². The van der Waals surface area contributed by atoms with Crippen LogP contribution in [0.2, 0.25) is 0 Å². The van der Waals surface area contributed by atoms with Gasteiger partial charge in [-0.05, 0) is 18.6 Å². The lowest BCUT2D eigenvalue weighted by Crippen LogP contribution is -2.49. The maximum atomic E-state index is 11.2. The molecule has 0 atom stereocenters. The van der Waals surface area contributed by atoms with Gasteiger partial charge in [-0.1, -0.05) is 0 Å². The Kier molecular flexibility index (Phi) is 4.46. The van der Waals surface area contributed by atoms with E-state index in [1.807, 2.05) is 20.0 Å². The highest BCUT2D eigenvalue weighted by Gasteiger charge is 2.43. The van der Waals surface area contributed by atoms with Crippen molar-refractivity contribution in [3.05, 3.63) is 39.7 Å². The summed E-state index contributed by atoms with van der Waals surface area (Å²) in [4.78, 5) is 10.8. The minimum atomic E-state index is -0.409. The predicted octanol–water partition coefficient (Wildman–Crippen LogP) is 1.92. The summed E-state index contributed by atoms with van der Waals surface area (Å²) in [5, 5.41) is 19.9. The summed E-state index contributed by atoms with van der Waals surface area (Å²) in [5.41, 5.74) is 0.448. The van der Waals surface area contributed by atoms with Crippen molar-refractivity contribution in [2.24, 2.45) is 7.05 Å². The summed E-state index contributed by atoms with van der Waals surface area (Å²) in [6.45, 7) is 3.22. The van der Waals surface area contributed by atoms with Gasteiger partial charge in [-0.25, -0.2) is 0 Å². The van der Waals surface area contributed by atoms with Crippen molar-refractivity contribution in [3.8, 4) is 5.75 Å². The number of non-ortho nitro benzene ring substituents is 1. The van der Waals surface area contributed by atoms with Crippen LogP contribution in [0.15, 0.2) is 23.4 Å². The third-order valence-electron chi connectivity index (χ3n) is 4.22. The van der Waals surface area contributed by atoms with E-state index in [1.54, 1.807) is 10.6 Å². The van der Waals surface area contributed by atoms with E-state index >= 15 is 0 Å². The SMILES string of the molecule is CCOc1cc([N+](=O)[O-])cc(C2(Cc3nnc(S)n3C)COC2)c1. The molecule has 1 aliphatic rings. The molecule has 3 rings (SSSR count). The van der Waals surface area contributed by atoms with Crippen LogP contribution in [-0.2, 0) is 23.6 Å². The number of ether oxygens (including phenoxy) is 2. The fourth-order valence-corrected chi connectivity index (χ4v) is 2.93. The van der Waals surface area contributed by atoms with Crippen molar-refractivity contribution in [3.63, 3.8) is 0 Å². The number of rotatable bonds is 6. The van der Waals surface area contributed by atoms with Gasteiger partial charge >= 0.3 is 0 Å². The molecular weight excluding hydrogens is 332 g/mol. The lowest BCUT2D eigenvalue weighted by atomic mass is 9.75. The summed E-state index contributed by atoms with van der Waals surface area (Å²) in [6, 6.07) is 4.87. The average Bonchev–Trinajstić information content (AvgIpc) is 2.82. The second-order valence-corrected chi connectivity index (χ2v) is 6.23. The van der Waals surface area contributed by atoms with E-state index in [9.17, 15) is 10.1 Å². The maximum absolute atomic E-state index is 11.2. The number of nitro benzene ring substituents is 1. The molecule has 0 amide bonds. The molecule has 0 spiro atoms. The Balaban J connectivity index is 2.00. The highest BCUT2D eigenvalue weighted by Crippen LogP contribution is 2.39. The van der Waals surface area contributed by atoms with E-state index < -0.39 is 4.92 Å². The van der Waals surface area contributed by atoms with Gasteiger partial charge in [0, 0.05) is 24.9 Å². The van der Waals surface area contributed by atoms with Gasteiger partial charge in [0.2, 0.25) is 0 Å². The van der Waals surface area contributed by atoms with Gasteiger partial charge in [-0.3, -0.25) is 10.1 Å². The second kappa shape index (κ2) is 6.40. The lowest BCUT2D eigenvalue weighted by Gasteiger charge is -2.41. The van der Waals surface area contributed by atoms with Crippen molar-refractivity contribution in [1.29, 1.82) is 0 Å². The Bertz CT molecular complexity index is 773. The van der Waals surface area contributed by atoms with Crippen LogP contribution in [0.1, 0.15) is 18.3 Å². The number of nitro groups is 1. The summed E-state index contributed by atoms with van der Waals surface area (Å²) < 4.78 is 12.7. The van der Waals surface area contributed by atoms with Gasteiger partial charge in [0.05, 0.1) is 30.8 Å². The molecule has 1 aromatic heterocycles. The molecule has 128 valence electrons. The van der Waals surface area contributed by atoms with Crippen LogP contribution in [0.5, 0.6) is 5.75 Å². The molecule has 0 N–H and O–H groups in total. The zero-order chi connectivity index (χ0) is 17.3. The smallest absolute Gasteiger partial charge is 0.273 e. The summed E-state index contributed by atoms with van der Waals surface area (Å²) in [7, 11) is 1.84. The van der Waals surface area contributed by atoms with Gasteiger partial charge in [0.1, 0.15) is 11.6 Å². The Morgan fingerprint density at radius 1 is 1.42 bits per heavy atom. The number of hydrogen-bond donors (Lipinski definition) is 1. The number of benzene rings is 1. The first-order valence-corrected chi connectivity index (χ1v) is 7.97. The van der Waals surface area contributed by atoms with E-state index in [0.717, 1.165) is 11.4 Å². The molecule has 0 aliphatic carbocycles. The summed E-state index contributed by atoms with van der Waals surface area (Å²) >= 11 is 4.24. The van der Waals surface area contributed by atoms with Crippen molar-refractivity contribution in [1.82, 2.24) is 14.8 Å². The first-order chi connectivity index (χ1) is 11.4. The monoisotopic (exact) mass is 350 g/mol. The highest BCUT2D eigenvalue weighted by atomic mass is 32.1. The largest absolute Gasteiger partial charge is 0.494 e. The van der Waals surface area contributed by atoms with E-state index in [1.165, 1.54) is 6.07 Å². The zero-order valence-corrected chi connectivity index (χ0v) is 14.3. The molecule has 0 bridgehead atoms. The molecule has 1 aliphatic heterocycles. The van der Waals surface area contributed by atoms with Gasteiger partial charge in [-0.15, -0.1) is 22.8 Å². The third kappa shape index (κ3) is 2.96. The number of nitrogens with zero attached hydrogens (tertiary/aromatic N) is 4. The molecular formula is C15H18N4O4S. The average molecular weight is 350 g/mol. The predicted molar refractivity (Wildman–Crippen MR) is 88.7 cm³/mol. The molecule has 24 heavy (non-hydrogen) atoms. The Hall–Kier alpha value is -2.13. The van der Waals surface area contributed by atoms with E-state index in [0.29, 0.717) is 37.1 Å². The van der Waals surface area contributed by atoms with Gasteiger partial charge in [0.25, 0.3) is 5.69 Å². The maximum Gasteiger partial charge on any atom is 0.273 e. The van der Waals surface area contributed by atoms with E-state index in [-0.39, 0.29) is 11.1 Å². The summed E-state index contributed by atoms with van der Waals surface area (Å²) in [5.74, 6) is 1.24. The lowest BCUT2D eigenvalue weighted by molar-refractivity contribution is -0.385. The normalized spacial score (nSPS) is 15.8. The van der Waals surface area contributed by atoms with Crippen molar-refractivity contribution < 1.29 is 14.4 Å². The minimum Gasteiger partial charge on any atom is -0.494 e. The fourth-order valence-electron chi connectivity index (χ4n) is 2.77. The van der Waals surface area contributed by atoms with Crippen LogP contribution in [0.4, 0.5) is 5.69 Å². The molecule has 1 saturated heterocycles. The van der Waals surface area contributed by atoms with Crippen LogP contribution in [0.3, 0.4) is 0 Å². The van der Waals surface area contributed by atoms with Gasteiger partial charge < -0.3 is 14.0 Å². The molecule has 0 saturated carbocycles. The molecule has 1 aromatic carbocycles. The molecule has 2 heterocycles. The minimum absolute atomic E-state index is 0.00933. The van der Waals surface area contributed by atoms with Gasteiger partial charge in [0.15, 0.2) is 5.16 Å². The molecule has 1 fully saturated rings. The van der Waals surface area contributed by atoms with Crippen molar-refractivity contribution >= 4 is 18.3 Å². The molecule has 9 heteroatoms. The zero-order valence-electron chi connectivity index (χ0n) is 13.4. The number of thiol groups is 1. The Labute approximate surface area is 144 Å². The molecule has 0 radical (unpaired) electrons. The molecule has 0 unspecified atom stereocenters. The quantitative estimate of drug-likeness (QED) is 0.486. The van der Waals surface area contributed by atoms with E-state index in [4.69, 9.17) is 9.47 Å². The van der Waals surface area contributed by atoms with Crippen LogP contribution in [0, 0.1) is 10.1 Å². The molecule has 2 aromatic rings. The van der Waals surface area contributed by atoms with E-state index in [2.05, 4.69) is 22.8 Å². The van der Waals surface area contributed by atoms with Crippen LogP contribution >= 0.6 is 12.6 Å². The standard InChI is InChI=1S/C15H18N4O4S/c1-3-23-12-5-10(4-11(6-12)19(20)21)15(8-22-9-15)7-13-16-17-14(24)18(13)2/h4-6H,3,7-9H2,1-2H3,(H,17,24). The molecule has 8 nitrogen and oxygen atoms in total. The highest BCUT2D eigenvalue weighted by molar-refractivity contribution is 7.80. The first kappa shape index (κ1) is 16.7. The third-order valence-corrected chi connectivity index (χ3v) is 4.61. The first-order valence-electron chi connectivity index (χ1n) is 7.53. The number of hydrogen-bond acceptors (Lipinski definition) is 7. The van der Waals surface area contributed by atoms with Gasteiger partial charge in [-0.2, -0.15) is 0 Å². The fraction of sp³-hybridized carbons (Fsp3) is 0.467. The van der Waals surface area contributed by atoms with Crippen molar-refractivity contribution in [2.75, 3.05) is 19.8 Å². The van der Waals surface area contributed by atoms with Crippen molar-refractivity contribution in [2.45, 2.75) is 23.9 Å². The second-order valence-electron chi connectivity index (χ2n) is 5.83. The topological polar surface area (TPSA) is 92.3 Å².